The van der Waals surface area contributed by atoms with Crippen LogP contribution in [-0.2, 0) is 11.2 Å². The highest BCUT2D eigenvalue weighted by Gasteiger charge is 2.04. The van der Waals surface area contributed by atoms with Crippen molar-refractivity contribution in [3.05, 3.63) is 29.8 Å². The summed E-state index contributed by atoms with van der Waals surface area (Å²) in [6.45, 7) is 3.97. The van der Waals surface area contributed by atoms with Crippen LogP contribution in [0.5, 0.6) is 0 Å². The van der Waals surface area contributed by atoms with E-state index in [1.165, 1.54) is 5.56 Å². The van der Waals surface area contributed by atoms with Crippen molar-refractivity contribution < 1.29 is 4.79 Å². The highest BCUT2D eigenvalue weighted by molar-refractivity contribution is 5.91. The Bertz CT molecular complexity index is 330. The van der Waals surface area contributed by atoms with E-state index in [0.29, 0.717) is 6.42 Å². The molecule has 1 aromatic carbocycles. The molecule has 1 aromatic rings. The number of amides is 1. The second-order valence-corrected chi connectivity index (χ2v) is 4.18. The molecule has 16 heavy (non-hydrogen) atoms. The third kappa shape index (κ3) is 4.45. The minimum atomic E-state index is -0.0978. The number of rotatable bonds is 5. The van der Waals surface area contributed by atoms with Gasteiger partial charge in [-0.1, -0.05) is 25.5 Å². The zero-order valence-electron chi connectivity index (χ0n) is 9.99. The first-order chi connectivity index (χ1) is 7.61. The molecule has 3 nitrogen and oxygen atoms in total. The molecule has 0 spiro atoms. The molecule has 1 amide bonds. The molecule has 0 saturated heterocycles. The molecule has 1 atom stereocenters. The van der Waals surface area contributed by atoms with E-state index in [0.717, 1.165) is 18.5 Å². The van der Waals surface area contributed by atoms with E-state index in [1.54, 1.807) is 0 Å². The lowest BCUT2D eigenvalue weighted by Gasteiger charge is -2.07. The largest absolute Gasteiger partial charge is 0.327 e. The Morgan fingerprint density at radius 1 is 1.38 bits per heavy atom. The molecule has 3 heteroatoms. The molecular formula is C13H20N2O. The number of aryl methyl sites for hydroxylation is 1. The second kappa shape index (κ2) is 6.28. The second-order valence-electron chi connectivity index (χ2n) is 4.18. The Labute approximate surface area is 97.0 Å². The van der Waals surface area contributed by atoms with E-state index in [-0.39, 0.29) is 11.9 Å². The van der Waals surface area contributed by atoms with Gasteiger partial charge in [-0.05, 0) is 31.0 Å². The van der Waals surface area contributed by atoms with Crippen molar-refractivity contribution in [3.8, 4) is 0 Å². The standard InChI is InChI=1S/C13H20N2O/c1-3-4-11-5-7-12(8-6-11)15-13(16)9-10(2)14/h5-8,10H,3-4,9,14H2,1-2H3,(H,15,16). The first-order valence-electron chi connectivity index (χ1n) is 5.76. The van der Waals surface area contributed by atoms with Crippen LogP contribution in [0.4, 0.5) is 5.69 Å². The summed E-state index contributed by atoms with van der Waals surface area (Å²) in [7, 11) is 0. The average Bonchev–Trinajstić information content (AvgIpc) is 2.20. The van der Waals surface area contributed by atoms with E-state index in [9.17, 15) is 4.79 Å². The SMILES string of the molecule is CCCc1ccc(NC(=O)CC(C)N)cc1. The fraction of sp³-hybridized carbons (Fsp3) is 0.462. The maximum Gasteiger partial charge on any atom is 0.225 e. The zero-order chi connectivity index (χ0) is 12.0. The molecule has 3 N–H and O–H groups in total. The van der Waals surface area contributed by atoms with Crippen molar-refractivity contribution in [2.45, 2.75) is 39.2 Å². The van der Waals surface area contributed by atoms with Gasteiger partial charge in [0.25, 0.3) is 0 Å². The van der Waals surface area contributed by atoms with Gasteiger partial charge in [0.05, 0.1) is 0 Å². The first-order valence-corrected chi connectivity index (χ1v) is 5.76. The highest BCUT2D eigenvalue weighted by atomic mass is 16.1. The number of carbonyl (C=O) groups is 1. The molecule has 0 bridgehead atoms. The fourth-order valence-electron chi connectivity index (χ4n) is 1.55. The quantitative estimate of drug-likeness (QED) is 0.800. The Morgan fingerprint density at radius 2 is 2.00 bits per heavy atom. The molecule has 0 heterocycles. The molecule has 88 valence electrons. The van der Waals surface area contributed by atoms with E-state index in [2.05, 4.69) is 12.2 Å². The van der Waals surface area contributed by atoms with Gasteiger partial charge in [-0.15, -0.1) is 0 Å². The molecular weight excluding hydrogens is 200 g/mol. The Balaban J connectivity index is 2.51. The van der Waals surface area contributed by atoms with Crippen LogP contribution in [0.15, 0.2) is 24.3 Å². The van der Waals surface area contributed by atoms with Crippen molar-refractivity contribution in [1.29, 1.82) is 0 Å². The van der Waals surface area contributed by atoms with Crippen molar-refractivity contribution >= 4 is 11.6 Å². The summed E-state index contributed by atoms with van der Waals surface area (Å²) in [6, 6.07) is 7.86. The van der Waals surface area contributed by atoms with Crippen LogP contribution in [0.3, 0.4) is 0 Å². The van der Waals surface area contributed by atoms with Gasteiger partial charge in [-0.2, -0.15) is 0 Å². The van der Waals surface area contributed by atoms with Crippen LogP contribution < -0.4 is 11.1 Å². The summed E-state index contributed by atoms with van der Waals surface area (Å²) >= 11 is 0. The van der Waals surface area contributed by atoms with Crippen LogP contribution in [0, 0.1) is 0 Å². The van der Waals surface area contributed by atoms with Crippen LogP contribution in [-0.4, -0.2) is 11.9 Å². The predicted octanol–water partition coefficient (Wildman–Crippen LogP) is 2.31. The molecule has 0 saturated carbocycles. The molecule has 1 unspecified atom stereocenters. The van der Waals surface area contributed by atoms with Gasteiger partial charge >= 0.3 is 0 Å². The molecule has 0 aliphatic carbocycles. The number of nitrogens with two attached hydrogens (primary N) is 1. The van der Waals surface area contributed by atoms with E-state index in [4.69, 9.17) is 5.73 Å². The van der Waals surface area contributed by atoms with Crippen LogP contribution >= 0.6 is 0 Å². The van der Waals surface area contributed by atoms with Crippen molar-refractivity contribution in [1.82, 2.24) is 0 Å². The van der Waals surface area contributed by atoms with Gasteiger partial charge in [-0.3, -0.25) is 4.79 Å². The smallest absolute Gasteiger partial charge is 0.225 e. The molecule has 0 fully saturated rings. The summed E-state index contributed by atoms with van der Waals surface area (Å²) < 4.78 is 0. The molecule has 0 radical (unpaired) electrons. The van der Waals surface area contributed by atoms with Gasteiger partial charge in [-0.25, -0.2) is 0 Å². The zero-order valence-corrected chi connectivity index (χ0v) is 9.99. The molecule has 0 aliphatic rings. The van der Waals surface area contributed by atoms with E-state index < -0.39 is 0 Å². The topological polar surface area (TPSA) is 55.1 Å². The highest BCUT2D eigenvalue weighted by Crippen LogP contribution is 2.11. The number of anilines is 1. The lowest BCUT2D eigenvalue weighted by molar-refractivity contribution is -0.116. The number of hydrogen-bond donors (Lipinski definition) is 2. The van der Waals surface area contributed by atoms with Gasteiger partial charge in [0, 0.05) is 18.2 Å². The van der Waals surface area contributed by atoms with Gasteiger partial charge in [0.15, 0.2) is 0 Å². The monoisotopic (exact) mass is 220 g/mol. The number of benzene rings is 1. The first kappa shape index (κ1) is 12.7. The third-order valence-electron chi connectivity index (χ3n) is 2.28. The van der Waals surface area contributed by atoms with Gasteiger partial charge in [0.1, 0.15) is 0 Å². The van der Waals surface area contributed by atoms with E-state index in [1.807, 2.05) is 31.2 Å². The molecule has 1 rings (SSSR count). The van der Waals surface area contributed by atoms with Crippen LogP contribution in [0.25, 0.3) is 0 Å². The van der Waals surface area contributed by atoms with E-state index >= 15 is 0 Å². The third-order valence-corrected chi connectivity index (χ3v) is 2.28. The lowest BCUT2D eigenvalue weighted by Crippen LogP contribution is -2.23. The van der Waals surface area contributed by atoms with Crippen molar-refractivity contribution in [2.75, 3.05) is 5.32 Å². The molecule has 0 aliphatic heterocycles. The Morgan fingerprint density at radius 3 is 2.50 bits per heavy atom. The average molecular weight is 220 g/mol. The molecule has 0 aromatic heterocycles. The fourth-order valence-corrected chi connectivity index (χ4v) is 1.55. The number of carbonyl (C=O) groups excluding carboxylic acids is 1. The number of hydrogen-bond acceptors (Lipinski definition) is 2. The summed E-state index contributed by atoms with van der Waals surface area (Å²) in [4.78, 5) is 11.4. The maximum absolute atomic E-state index is 11.4. The predicted molar refractivity (Wildman–Crippen MR) is 67.3 cm³/mol. The van der Waals surface area contributed by atoms with Gasteiger partial charge < -0.3 is 11.1 Å². The van der Waals surface area contributed by atoms with Gasteiger partial charge in [0.2, 0.25) is 5.91 Å². The normalized spacial score (nSPS) is 12.2. The van der Waals surface area contributed by atoms with Crippen LogP contribution in [0.1, 0.15) is 32.3 Å². The minimum Gasteiger partial charge on any atom is -0.327 e. The lowest BCUT2D eigenvalue weighted by atomic mass is 10.1. The Kier molecular flexibility index (Phi) is 4.99. The van der Waals surface area contributed by atoms with Crippen LogP contribution in [0.2, 0.25) is 0 Å². The summed E-state index contributed by atoms with van der Waals surface area (Å²) in [6.07, 6.45) is 2.57. The van der Waals surface area contributed by atoms with Crippen molar-refractivity contribution in [3.63, 3.8) is 0 Å². The summed E-state index contributed by atoms with van der Waals surface area (Å²) in [5.41, 5.74) is 7.69. The summed E-state index contributed by atoms with van der Waals surface area (Å²) in [5.74, 6) is -0.0294. The maximum atomic E-state index is 11.4. The van der Waals surface area contributed by atoms with Crippen molar-refractivity contribution in [2.24, 2.45) is 5.73 Å². The minimum absolute atomic E-state index is 0.0294. The Hall–Kier alpha value is -1.35. The number of nitrogens with one attached hydrogen (secondary N) is 1. The summed E-state index contributed by atoms with van der Waals surface area (Å²) in [5, 5.41) is 2.82.